The first-order chi connectivity index (χ1) is 18.5. The van der Waals surface area contributed by atoms with E-state index in [2.05, 4.69) is 10.0 Å². The summed E-state index contributed by atoms with van der Waals surface area (Å²) >= 11 is 0. The number of methoxy groups -OCH3 is 1. The van der Waals surface area contributed by atoms with Gasteiger partial charge in [0.25, 0.3) is 0 Å². The molecular formula is C25H34FN3O8S2. The van der Waals surface area contributed by atoms with Crippen LogP contribution >= 0.6 is 0 Å². The maximum Gasteiger partial charge on any atom is 0.246 e. The second kappa shape index (κ2) is 12.0. The molecule has 2 atom stereocenters. The summed E-state index contributed by atoms with van der Waals surface area (Å²) in [7, 11) is -4.91. The molecule has 0 bridgehead atoms. The van der Waals surface area contributed by atoms with Gasteiger partial charge in [-0.15, -0.1) is 0 Å². The fourth-order valence-corrected chi connectivity index (χ4v) is 7.09. The van der Waals surface area contributed by atoms with Crippen molar-refractivity contribution in [2.75, 3.05) is 47.0 Å². The molecule has 216 valence electrons. The van der Waals surface area contributed by atoms with Crippen LogP contribution < -0.4 is 19.5 Å². The van der Waals surface area contributed by atoms with Crippen LogP contribution in [0.4, 0.5) is 4.39 Å². The number of halogens is 1. The van der Waals surface area contributed by atoms with Crippen molar-refractivity contribution in [3.8, 4) is 11.5 Å². The first-order valence-corrected chi connectivity index (χ1v) is 15.5. The van der Waals surface area contributed by atoms with E-state index in [9.17, 15) is 26.3 Å². The molecule has 39 heavy (non-hydrogen) atoms. The molecule has 2 heterocycles. The van der Waals surface area contributed by atoms with Gasteiger partial charge in [0.2, 0.25) is 20.0 Å². The highest BCUT2D eigenvalue weighted by atomic mass is 32.2. The van der Waals surface area contributed by atoms with Crippen molar-refractivity contribution in [1.29, 1.82) is 0 Å². The number of nitrogens with one attached hydrogen (secondary N) is 2. The Bertz CT molecular complexity index is 1370. The Morgan fingerprint density at radius 1 is 1.15 bits per heavy atom. The topological polar surface area (TPSA) is 144 Å². The average Bonchev–Trinajstić information content (AvgIpc) is 3.33. The number of sulfonamides is 2. The lowest BCUT2D eigenvalue weighted by Crippen LogP contribution is -2.47. The highest BCUT2D eigenvalue weighted by Gasteiger charge is 2.45. The summed E-state index contributed by atoms with van der Waals surface area (Å²) in [6.07, 6.45) is 0.725. The molecule has 0 radical (unpaired) electrons. The standard InChI is InChI=1S/C25H34FN3O8S2/c1-27-38(31,32)22-5-3-4-21(12-22)36-17-19(30)15-28-18-14-25(37-16-18)8-10-29(11-9-25)39(33,34)24-13-20(35-2)6-7-23(24)26/h3-7,12-13,18-19,27-28,30H,8-11,14-17H2,1-2H3/t18?,19-/m0/s1. The van der Waals surface area contributed by atoms with Crippen molar-refractivity contribution >= 4 is 20.0 Å². The van der Waals surface area contributed by atoms with Crippen LogP contribution in [-0.2, 0) is 24.8 Å². The fourth-order valence-electron chi connectivity index (χ4n) is 4.81. The van der Waals surface area contributed by atoms with Gasteiger partial charge in [-0.2, -0.15) is 4.31 Å². The van der Waals surface area contributed by atoms with Crippen LogP contribution in [0.3, 0.4) is 0 Å². The first-order valence-electron chi connectivity index (χ1n) is 12.5. The van der Waals surface area contributed by atoms with Gasteiger partial charge in [0, 0.05) is 37.8 Å². The number of piperidine rings is 1. The molecule has 2 aromatic rings. The maximum absolute atomic E-state index is 14.3. The first kappa shape index (κ1) is 29.6. The predicted molar refractivity (Wildman–Crippen MR) is 140 cm³/mol. The predicted octanol–water partition coefficient (Wildman–Crippen LogP) is 1.08. The molecule has 2 aliphatic heterocycles. The zero-order valence-electron chi connectivity index (χ0n) is 21.8. The van der Waals surface area contributed by atoms with Crippen molar-refractivity contribution in [3.05, 3.63) is 48.3 Å². The van der Waals surface area contributed by atoms with Crippen LogP contribution in [0.2, 0.25) is 0 Å². The summed E-state index contributed by atoms with van der Waals surface area (Å²) in [5.74, 6) is -0.237. The van der Waals surface area contributed by atoms with E-state index in [0.29, 0.717) is 31.6 Å². The quantitative estimate of drug-likeness (QED) is 0.352. The van der Waals surface area contributed by atoms with Crippen molar-refractivity contribution < 1.29 is 40.5 Å². The van der Waals surface area contributed by atoms with Gasteiger partial charge in [0.1, 0.15) is 34.9 Å². The Hall–Kier alpha value is -2.33. The van der Waals surface area contributed by atoms with E-state index in [0.717, 1.165) is 6.07 Å². The number of aliphatic hydroxyl groups is 1. The van der Waals surface area contributed by atoms with E-state index in [4.69, 9.17) is 14.2 Å². The molecule has 2 fully saturated rings. The molecule has 2 aliphatic rings. The summed E-state index contributed by atoms with van der Waals surface area (Å²) in [6.45, 7) is 1.00. The minimum absolute atomic E-state index is 0.0391. The number of nitrogens with zero attached hydrogens (tertiary/aromatic N) is 1. The summed E-state index contributed by atoms with van der Waals surface area (Å²) in [6, 6.07) is 9.61. The molecule has 0 aliphatic carbocycles. The Morgan fingerprint density at radius 2 is 1.90 bits per heavy atom. The van der Waals surface area contributed by atoms with Crippen molar-refractivity contribution in [3.63, 3.8) is 0 Å². The van der Waals surface area contributed by atoms with E-state index >= 15 is 0 Å². The third-order valence-corrected chi connectivity index (χ3v) is 10.4. The Kier molecular flexibility index (Phi) is 9.15. The number of hydrogen-bond donors (Lipinski definition) is 3. The highest BCUT2D eigenvalue weighted by Crippen LogP contribution is 2.38. The van der Waals surface area contributed by atoms with Crippen molar-refractivity contribution in [1.82, 2.24) is 14.3 Å². The van der Waals surface area contributed by atoms with Crippen LogP contribution in [-0.4, -0.2) is 91.0 Å². The SMILES string of the molecule is CNS(=O)(=O)c1cccc(OC[C@@H](O)CNC2COC3(CCN(S(=O)(=O)c4cc(OC)ccc4F)CC3)C2)c1. The third-order valence-electron chi connectivity index (χ3n) is 7.07. The van der Waals surface area contributed by atoms with E-state index in [1.54, 1.807) is 12.1 Å². The van der Waals surface area contributed by atoms with Gasteiger partial charge in [0.05, 0.1) is 24.2 Å². The molecule has 0 amide bonds. The number of aliphatic hydroxyl groups excluding tert-OH is 1. The zero-order valence-corrected chi connectivity index (χ0v) is 23.4. The van der Waals surface area contributed by atoms with Crippen molar-refractivity contribution in [2.45, 2.75) is 46.8 Å². The van der Waals surface area contributed by atoms with E-state index in [1.165, 1.54) is 42.7 Å². The van der Waals surface area contributed by atoms with Gasteiger partial charge in [0.15, 0.2) is 0 Å². The zero-order chi connectivity index (χ0) is 28.3. The molecule has 1 unspecified atom stereocenters. The number of ether oxygens (including phenoxy) is 3. The number of benzene rings is 2. The molecule has 0 aromatic heterocycles. The molecule has 4 rings (SSSR count). The van der Waals surface area contributed by atoms with Gasteiger partial charge in [-0.3, -0.25) is 0 Å². The smallest absolute Gasteiger partial charge is 0.246 e. The van der Waals surface area contributed by atoms with Gasteiger partial charge in [-0.05, 0) is 50.6 Å². The normalized spacial score (nSPS) is 20.7. The molecule has 14 heteroatoms. The fraction of sp³-hybridized carbons (Fsp3) is 0.520. The van der Waals surface area contributed by atoms with Crippen molar-refractivity contribution in [2.24, 2.45) is 0 Å². The van der Waals surface area contributed by atoms with Gasteiger partial charge >= 0.3 is 0 Å². The Morgan fingerprint density at radius 3 is 2.59 bits per heavy atom. The monoisotopic (exact) mass is 587 g/mol. The Labute approximate surface area is 228 Å². The summed E-state index contributed by atoms with van der Waals surface area (Å²) in [5.41, 5.74) is -0.489. The molecule has 1 spiro atoms. The number of rotatable bonds is 11. The van der Waals surface area contributed by atoms with Gasteiger partial charge in [-0.25, -0.2) is 25.9 Å². The molecular weight excluding hydrogens is 553 g/mol. The van der Waals surface area contributed by atoms with Gasteiger partial charge in [-0.1, -0.05) is 6.07 Å². The Balaban J connectivity index is 1.25. The summed E-state index contributed by atoms with van der Waals surface area (Å²) in [5, 5.41) is 13.6. The van der Waals surface area contributed by atoms with E-state index in [-0.39, 0.29) is 42.9 Å². The van der Waals surface area contributed by atoms with Crippen LogP contribution in [0.5, 0.6) is 11.5 Å². The molecule has 11 nitrogen and oxygen atoms in total. The summed E-state index contributed by atoms with van der Waals surface area (Å²) < 4.78 is 84.6. The minimum Gasteiger partial charge on any atom is -0.497 e. The van der Waals surface area contributed by atoms with Crippen LogP contribution in [0.15, 0.2) is 52.3 Å². The van der Waals surface area contributed by atoms with Crippen LogP contribution in [0, 0.1) is 5.82 Å². The van der Waals surface area contributed by atoms with Crippen LogP contribution in [0.1, 0.15) is 19.3 Å². The summed E-state index contributed by atoms with van der Waals surface area (Å²) in [4.78, 5) is -0.340. The maximum atomic E-state index is 14.3. The molecule has 0 saturated carbocycles. The average molecular weight is 588 g/mol. The molecule has 2 aromatic carbocycles. The van der Waals surface area contributed by atoms with Gasteiger partial charge < -0.3 is 24.6 Å². The second-order valence-electron chi connectivity index (χ2n) is 9.65. The lowest BCUT2D eigenvalue weighted by atomic mass is 9.88. The highest BCUT2D eigenvalue weighted by molar-refractivity contribution is 7.89. The lowest BCUT2D eigenvalue weighted by molar-refractivity contribution is -0.0312. The lowest BCUT2D eigenvalue weighted by Gasteiger charge is -2.38. The largest absolute Gasteiger partial charge is 0.497 e. The van der Waals surface area contributed by atoms with E-state index in [1.807, 2.05) is 0 Å². The number of hydrogen-bond acceptors (Lipinski definition) is 9. The minimum atomic E-state index is -4.03. The second-order valence-corrected chi connectivity index (χ2v) is 13.4. The van der Waals surface area contributed by atoms with E-state index < -0.39 is 42.5 Å². The third kappa shape index (κ3) is 6.88. The molecule has 2 saturated heterocycles. The molecule has 3 N–H and O–H groups in total. The van der Waals surface area contributed by atoms with Crippen LogP contribution in [0.25, 0.3) is 0 Å².